The monoisotopic (exact) mass is 256 g/mol. The maximum absolute atomic E-state index is 11.8. The fourth-order valence-corrected chi connectivity index (χ4v) is 2.32. The molecule has 1 rings (SSSR count). The molecule has 0 heterocycles. The summed E-state index contributed by atoms with van der Waals surface area (Å²) in [6.45, 7) is 5.79. The van der Waals surface area contributed by atoms with Crippen LogP contribution < -0.4 is 10.6 Å². The first-order chi connectivity index (χ1) is 8.72. The second kappa shape index (κ2) is 9.34. The molecule has 0 aromatic carbocycles. The van der Waals surface area contributed by atoms with Gasteiger partial charge in [-0.2, -0.15) is 0 Å². The lowest BCUT2D eigenvalue weighted by Gasteiger charge is -2.18. The van der Waals surface area contributed by atoms with Crippen molar-refractivity contribution in [3.8, 4) is 0 Å². The van der Waals surface area contributed by atoms with Crippen molar-refractivity contribution in [2.45, 2.75) is 64.5 Å². The van der Waals surface area contributed by atoms with E-state index in [0.29, 0.717) is 19.2 Å². The minimum absolute atomic E-state index is 0.116. The van der Waals surface area contributed by atoms with Gasteiger partial charge in [0.15, 0.2) is 0 Å². The van der Waals surface area contributed by atoms with Crippen molar-refractivity contribution in [2.75, 3.05) is 19.8 Å². The molecular formula is C14H28N2O2. The summed E-state index contributed by atoms with van der Waals surface area (Å²) in [7, 11) is 0. The van der Waals surface area contributed by atoms with Crippen LogP contribution in [-0.4, -0.2) is 37.7 Å². The molecule has 1 unspecified atom stereocenters. The van der Waals surface area contributed by atoms with Crippen LogP contribution >= 0.6 is 0 Å². The third kappa shape index (κ3) is 6.97. The summed E-state index contributed by atoms with van der Waals surface area (Å²) in [4.78, 5) is 11.8. The fourth-order valence-electron chi connectivity index (χ4n) is 2.32. The van der Waals surface area contributed by atoms with Crippen LogP contribution in [0.25, 0.3) is 0 Å². The van der Waals surface area contributed by atoms with Crippen molar-refractivity contribution in [3.63, 3.8) is 0 Å². The summed E-state index contributed by atoms with van der Waals surface area (Å²) in [6, 6.07) is 0.619. The van der Waals surface area contributed by atoms with E-state index in [1.807, 2.05) is 13.8 Å². The van der Waals surface area contributed by atoms with Gasteiger partial charge in [-0.3, -0.25) is 4.79 Å². The Bertz CT molecular complexity index is 226. The van der Waals surface area contributed by atoms with E-state index in [1.54, 1.807) is 0 Å². The Balaban J connectivity index is 2.12. The Kier molecular flexibility index (Phi) is 8.01. The summed E-state index contributed by atoms with van der Waals surface area (Å²) >= 11 is 0. The molecule has 1 fully saturated rings. The highest BCUT2D eigenvalue weighted by Crippen LogP contribution is 2.16. The summed E-state index contributed by atoms with van der Waals surface area (Å²) < 4.78 is 5.30. The maximum atomic E-state index is 11.8. The molecule has 0 spiro atoms. The molecule has 2 N–H and O–H groups in total. The molecule has 1 atom stereocenters. The fraction of sp³-hybridized carbons (Fsp3) is 0.929. The van der Waals surface area contributed by atoms with Gasteiger partial charge in [0, 0.05) is 18.7 Å². The zero-order valence-electron chi connectivity index (χ0n) is 11.8. The normalized spacial score (nSPS) is 19.2. The predicted molar refractivity (Wildman–Crippen MR) is 73.6 cm³/mol. The van der Waals surface area contributed by atoms with Gasteiger partial charge in [-0.25, -0.2) is 0 Å². The molecule has 0 aromatic heterocycles. The molecule has 106 valence electrons. The third-order valence-electron chi connectivity index (χ3n) is 3.40. The van der Waals surface area contributed by atoms with Crippen LogP contribution in [0.15, 0.2) is 0 Å². The van der Waals surface area contributed by atoms with Crippen molar-refractivity contribution >= 4 is 5.91 Å². The van der Waals surface area contributed by atoms with E-state index in [-0.39, 0.29) is 11.9 Å². The van der Waals surface area contributed by atoms with Gasteiger partial charge in [0.25, 0.3) is 0 Å². The Hall–Kier alpha value is -0.610. The standard InChI is InChI=1S/C14H28N2O2/c1-3-18-11-12(2)15-10-14(17)16-13-8-6-4-5-7-9-13/h12-13,15H,3-11H2,1-2H3,(H,16,17). The number of carbonyl (C=O) groups is 1. The molecule has 1 saturated carbocycles. The van der Waals surface area contributed by atoms with E-state index in [1.165, 1.54) is 25.7 Å². The van der Waals surface area contributed by atoms with Crippen molar-refractivity contribution in [3.05, 3.63) is 0 Å². The van der Waals surface area contributed by atoms with Gasteiger partial charge in [0.05, 0.1) is 13.2 Å². The quantitative estimate of drug-likeness (QED) is 0.683. The second-order valence-electron chi connectivity index (χ2n) is 5.20. The molecule has 4 nitrogen and oxygen atoms in total. The van der Waals surface area contributed by atoms with Gasteiger partial charge in [0.2, 0.25) is 5.91 Å². The third-order valence-corrected chi connectivity index (χ3v) is 3.40. The highest BCUT2D eigenvalue weighted by Gasteiger charge is 2.14. The number of carbonyl (C=O) groups excluding carboxylic acids is 1. The molecule has 1 aliphatic carbocycles. The topological polar surface area (TPSA) is 50.4 Å². The van der Waals surface area contributed by atoms with Gasteiger partial charge in [-0.05, 0) is 26.7 Å². The molecule has 0 saturated heterocycles. The number of hydrogen-bond acceptors (Lipinski definition) is 3. The van der Waals surface area contributed by atoms with Gasteiger partial charge in [0.1, 0.15) is 0 Å². The SMILES string of the molecule is CCOCC(C)NCC(=O)NC1CCCCCC1. The van der Waals surface area contributed by atoms with Crippen LogP contribution in [0.1, 0.15) is 52.4 Å². The van der Waals surface area contributed by atoms with E-state index in [4.69, 9.17) is 4.74 Å². The molecule has 0 radical (unpaired) electrons. The van der Waals surface area contributed by atoms with Crippen LogP contribution in [0.2, 0.25) is 0 Å². The van der Waals surface area contributed by atoms with Crippen molar-refractivity contribution in [1.82, 2.24) is 10.6 Å². The van der Waals surface area contributed by atoms with E-state index >= 15 is 0 Å². The molecule has 1 aliphatic rings. The summed E-state index contributed by atoms with van der Waals surface area (Å²) in [5, 5.41) is 6.31. The number of hydrogen-bond donors (Lipinski definition) is 2. The highest BCUT2D eigenvalue weighted by atomic mass is 16.5. The van der Waals surface area contributed by atoms with Crippen LogP contribution in [-0.2, 0) is 9.53 Å². The van der Waals surface area contributed by atoms with E-state index in [2.05, 4.69) is 10.6 Å². The van der Waals surface area contributed by atoms with Crippen LogP contribution in [0.4, 0.5) is 0 Å². The van der Waals surface area contributed by atoms with Crippen LogP contribution in [0.5, 0.6) is 0 Å². The van der Waals surface area contributed by atoms with Crippen molar-refractivity contribution in [2.24, 2.45) is 0 Å². The Labute approximate surface area is 111 Å². The Morgan fingerprint density at radius 2 is 1.94 bits per heavy atom. The van der Waals surface area contributed by atoms with Crippen molar-refractivity contribution < 1.29 is 9.53 Å². The average molecular weight is 256 g/mol. The highest BCUT2D eigenvalue weighted by molar-refractivity contribution is 5.78. The lowest BCUT2D eigenvalue weighted by atomic mass is 10.1. The number of rotatable bonds is 7. The zero-order chi connectivity index (χ0) is 13.2. The smallest absolute Gasteiger partial charge is 0.234 e. The van der Waals surface area contributed by atoms with Gasteiger partial charge in [-0.15, -0.1) is 0 Å². The largest absolute Gasteiger partial charge is 0.380 e. The first-order valence-electron chi connectivity index (χ1n) is 7.33. The minimum atomic E-state index is 0.116. The lowest BCUT2D eigenvalue weighted by molar-refractivity contribution is -0.121. The lowest BCUT2D eigenvalue weighted by Crippen LogP contribution is -2.43. The Morgan fingerprint density at radius 1 is 1.28 bits per heavy atom. The van der Waals surface area contributed by atoms with Gasteiger partial charge < -0.3 is 15.4 Å². The summed E-state index contributed by atoms with van der Waals surface area (Å²) in [5.41, 5.74) is 0. The summed E-state index contributed by atoms with van der Waals surface area (Å²) in [5.74, 6) is 0.116. The molecule has 0 bridgehead atoms. The molecule has 0 aliphatic heterocycles. The molecule has 18 heavy (non-hydrogen) atoms. The average Bonchev–Trinajstić information content (AvgIpc) is 2.62. The number of amides is 1. The first kappa shape index (κ1) is 15.4. The number of nitrogens with one attached hydrogen (secondary N) is 2. The maximum Gasteiger partial charge on any atom is 0.234 e. The summed E-state index contributed by atoms with van der Waals surface area (Å²) in [6.07, 6.45) is 7.41. The minimum Gasteiger partial charge on any atom is -0.380 e. The zero-order valence-corrected chi connectivity index (χ0v) is 11.8. The molecule has 1 amide bonds. The van der Waals surface area contributed by atoms with Crippen LogP contribution in [0, 0.1) is 0 Å². The van der Waals surface area contributed by atoms with Gasteiger partial charge in [-0.1, -0.05) is 25.7 Å². The first-order valence-corrected chi connectivity index (χ1v) is 7.33. The van der Waals surface area contributed by atoms with E-state index < -0.39 is 0 Å². The van der Waals surface area contributed by atoms with Gasteiger partial charge >= 0.3 is 0 Å². The number of ether oxygens (including phenoxy) is 1. The molecule has 4 heteroatoms. The van der Waals surface area contributed by atoms with E-state index in [0.717, 1.165) is 19.4 Å². The second-order valence-corrected chi connectivity index (χ2v) is 5.20. The van der Waals surface area contributed by atoms with E-state index in [9.17, 15) is 4.79 Å². The van der Waals surface area contributed by atoms with Crippen molar-refractivity contribution in [1.29, 1.82) is 0 Å². The van der Waals surface area contributed by atoms with Crippen LogP contribution in [0.3, 0.4) is 0 Å². The molecular weight excluding hydrogens is 228 g/mol. The molecule has 0 aromatic rings. The Morgan fingerprint density at radius 3 is 2.56 bits per heavy atom. The predicted octanol–water partition coefficient (Wildman–Crippen LogP) is 1.84.